The maximum absolute atomic E-state index is 12.3. The molecule has 0 aliphatic carbocycles. The van der Waals surface area contributed by atoms with Crippen LogP contribution in [0.3, 0.4) is 0 Å². The van der Waals surface area contributed by atoms with E-state index in [1.165, 1.54) is 0 Å². The van der Waals surface area contributed by atoms with Gasteiger partial charge in [0.05, 0.1) is 23.5 Å². The molecule has 188 valence electrons. The number of H-pyrrole nitrogens is 1. The molecule has 1 unspecified atom stereocenters. The summed E-state index contributed by atoms with van der Waals surface area (Å²) in [6.07, 6.45) is 4.97. The molecule has 2 aliphatic rings. The molecule has 8 nitrogen and oxygen atoms in total. The van der Waals surface area contributed by atoms with Crippen LogP contribution in [0.5, 0.6) is 17.2 Å². The standard InChI is InChI=1S/C28H26N4O4S/c1-34-22-9-11-29-15-18(22)16-31-19-7-8-23-26(14-19)37-25-6-2-4-20(27(25)36-23)24-17-32(12-13-35-24)21-5-3-10-30-28(21)33/h2-11,14-15,24,31H,12-13,16-17H2,1H3,(H,30,33). The number of aromatic amines is 1. The van der Waals surface area contributed by atoms with Crippen molar-refractivity contribution in [3.63, 3.8) is 0 Å². The Kier molecular flexibility index (Phi) is 6.46. The largest absolute Gasteiger partial charge is 0.496 e. The first-order valence-electron chi connectivity index (χ1n) is 12.1. The molecule has 1 fully saturated rings. The van der Waals surface area contributed by atoms with Crippen LogP contribution >= 0.6 is 11.8 Å². The first kappa shape index (κ1) is 23.4. The van der Waals surface area contributed by atoms with Gasteiger partial charge in [-0.1, -0.05) is 23.9 Å². The van der Waals surface area contributed by atoms with E-state index in [0.717, 1.165) is 43.9 Å². The highest BCUT2D eigenvalue weighted by molar-refractivity contribution is 7.99. The fourth-order valence-corrected chi connectivity index (χ4v) is 5.68. The lowest BCUT2D eigenvalue weighted by Gasteiger charge is -2.35. The van der Waals surface area contributed by atoms with Gasteiger partial charge in [0.2, 0.25) is 0 Å². The van der Waals surface area contributed by atoms with Crippen molar-refractivity contribution in [3.8, 4) is 17.2 Å². The molecule has 6 rings (SSSR count). The zero-order chi connectivity index (χ0) is 25.2. The molecule has 37 heavy (non-hydrogen) atoms. The average molecular weight is 515 g/mol. The van der Waals surface area contributed by atoms with Crippen LogP contribution in [0, 0.1) is 0 Å². The van der Waals surface area contributed by atoms with Gasteiger partial charge in [-0.05, 0) is 42.5 Å². The van der Waals surface area contributed by atoms with Gasteiger partial charge in [0.1, 0.15) is 29.0 Å². The molecule has 0 saturated carbocycles. The second kappa shape index (κ2) is 10.2. The van der Waals surface area contributed by atoms with Gasteiger partial charge in [-0.15, -0.1) is 0 Å². The van der Waals surface area contributed by atoms with E-state index in [-0.39, 0.29) is 11.7 Å². The summed E-state index contributed by atoms with van der Waals surface area (Å²) in [7, 11) is 1.66. The van der Waals surface area contributed by atoms with Crippen LogP contribution in [0.4, 0.5) is 11.4 Å². The lowest BCUT2D eigenvalue weighted by atomic mass is 10.1. The quantitative estimate of drug-likeness (QED) is 0.319. The molecule has 2 aliphatic heterocycles. The number of hydrogen-bond acceptors (Lipinski definition) is 8. The maximum Gasteiger partial charge on any atom is 0.271 e. The highest BCUT2D eigenvalue weighted by atomic mass is 32.2. The molecular weight excluding hydrogens is 488 g/mol. The Balaban J connectivity index is 1.21. The van der Waals surface area contributed by atoms with Crippen LogP contribution in [-0.2, 0) is 11.3 Å². The molecule has 2 N–H and O–H groups in total. The third-order valence-electron chi connectivity index (χ3n) is 6.50. The van der Waals surface area contributed by atoms with Crippen molar-refractivity contribution in [3.05, 3.63) is 94.7 Å². The van der Waals surface area contributed by atoms with Crippen LogP contribution in [0.15, 0.2) is 87.8 Å². The minimum atomic E-state index is -0.208. The number of aromatic nitrogens is 2. The Morgan fingerprint density at radius 3 is 3.03 bits per heavy atom. The molecule has 1 saturated heterocycles. The molecular formula is C28H26N4O4S. The predicted octanol–water partition coefficient (Wildman–Crippen LogP) is 5.23. The number of fused-ring (bicyclic) bond motifs is 2. The summed E-state index contributed by atoms with van der Waals surface area (Å²) in [5.74, 6) is 2.43. The number of methoxy groups -OCH3 is 1. The first-order chi connectivity index (χ1) is 18.2. The maximum atomic E-state index is 12.3. The summed E-state index contributed by atoms with van der Waals surface area (Å²) in [4.78, 5) is 23.4. The average Bonchev–Trinajstić information content (AvgIpc) is 2.95. The third kappa shape index (κ3) is 4.75. The van der Waals surface area contributed by atoms with E-state index in [2.05, 4.69) is 32.3 Å². The van der Waals surface area contributed by atoms with Gasteiger partial charge < -0.3 is 29.4 Å². The molecule has 0 bridgehead atoms. The van der Waals surface area contributed by atoms with Gasteiger partial charge in [0.25, 0.3) is 5.56 Å². The van der Waals surface area contributed by atoms with E-state index >= 15 is 0 Å². The van der Waals surface area contributed by atoms with Crippen molar-refractivity contribution < 1.29 is 14.2 Å². The van der Waals surface area contributed by atoms with Gasteiger partial charge >= 0.3 is 0 Å². The molecule has 2 aromatic carbocycles. The summed E-state index contributed by atoms with van der Waals surface area (Å²) < 4.78 is 18.0. The number of nitrogens with one attached hydrogen (secondary N) is 2. The summed E-state index contributed by atoms with van der Waals surface area (Å²) in [6, 6.07) is 17.8. The van der Waals surface area contributed by atoms with Crippen molar-refractivity contribution in [2.45, 2.75) is 22.4 Å². The van der Waals surface area contributed by atoms with Gasteiger partial charge in [0.15, 0.2) is 0 Å². The molecule has 4 aromatic rings. The third-order valence-corrected chi connectivity index (χ3v) is 7.58. The summed E-state index contributed by atoms with van der Waals surface area (Å²) in [5.41, 5.74) is 3.52. The normalized spacial score (nSPS) is 16.4. The molecule has 0 amide bonds. The van der Waals surface area contributed by atoms with E-state index in [4.69, 9.17) is 14.2 Å². The Labute approximate surface area is 218 Å². The van der Waals surface area contributed by atoms with E-state index in [1.54, 1.807) is 31.3 Å². The van der Waals surface area contributed by atoms with Gasteiger partial charge in [0, 0.05) is 55.0 Å². The number of anilines is 2. The van der Waals surface area contributed by atoms with Crippen LogP contribution in [0.25, 0.3) is 0 Å². The Morgan fingerprint density at radius 1 is 1.19 bits per heavy atom. The zero-order valence-electron chi connectivity index (χ0n) is 20.3. The minimum Gasteiger partial charge on any atom is -0.496 e. The van der Waals surface area contributed by atoms with Crippen molar-refractivity contribution in [2.75, 3.05) is 37.0 Å². The molecule has 4 heterocycles. The summed E-state index contributed by atoms with van der Waals surface area (Å²) in [5, 5.41) is 3.46. The lowest BCUT2D eigenvalue weighted by Crippen LogP contribution is -2.41. The Hall–Kier alpha value is -3.95. The fraction of sp³-hybridized carbons (Fsp3) is 0.214. The SMILES string of the molecule is COc1ccncc1CNc1ccc2c(c1)Sc1cccc(C3CN(c4ccc[nH]c4=O)CCO3)c1O2. The number of morpholine rings is 1. The molecule has 9 heteroatoms. The van der Waals surface area contributed by atoms with Crippen molar-refractivity contribution in [2.24, 2.45) is 0 Å². The highest BCUT2D eigenvalue weighted by Crippen LogP contribution is 2.50. The van der Waals surface area contributed by atoms with Crippen LogP contribution in [0.2, 0.25) is 0 Å². The lowest BCUT2D eigenvalue weighted by molar-refractivity contribution is 0.0382. The number of benzene rings is 2. The Morgan fingerprint density at radius 2 is 2.14 bits per heavy atom. The van der Waals surface area contributed by atoms with Crippen LogP contribution < -0.4 is 25.2 Å². The molecule has 2 aromatic heterocycles. The van der Waals surface area contributed by atoms with Gasteiger partial charge in [-0.3, -0.25) is 9.78 Å². The second-order valence-electron chi connectivity index (χ2n) is 8.77. The molecule has 0 radical (unpaired) electrons. The molecule has 1 atom stereocenters. The highest BCUT2D eigenvalue weighted by Gasteiger charge is 2.29. The van der Waals surface area contributed by atoms with E-state index in [9.17, 15) is 4.79 Å². The van der Waals surface area contributed by atoms with E-state index in [0.29, 0.717) is 31.9 Å². The van der Waals surface area contributed by atoms with Crippen molar-refractivity contribution >= 4 is 23.1 Å². The topological polar surface area (TPSA) is 88.7 Å². The summed E-state index contributed by atoms with van der Waals surface area (Å²) in [6.45, 7) is 2.37. The summed E-state index contributed by atoms with van der Waals surface area (Å²) >= 11 is 1.68. The number of rotatable bonds is 6. The van der Waals surface area contributed by atoms with Gasteiger partial charge in [-0.2, -0.15) is 0 Å². The minimum absolute atomic E-state index is 0.0923. The van der Waals surface area contributed by atoms with Crippen LogP contribution in [-0.4, -0.2) is 36.8 Å². The smallest absolute Gasteiger partial charge is 0.271 e. The van der Waals surface area contributed by atoms with Crippen molar-refractivity contribution in [1.29, 1.82) is 0 Å². The second-order valence-corrected chi connectivity index (χ2v) is 9.85. The number of nitrogens with zero attached hydrogens (tertiary/aromatic N) is 2. The fourth-order valence-electron chi connectivity index (χ4n) is 4.65. The van der Waals surface area contributed by atoms with Crippen LogP contribution in [0.1, 0.15) is 17.2 Å². The number of hydrogen-bond donors (Lipinski definition) is 2. The predicted molar refractivity (Wildman–Crippen MR) is 143 cm³/mol. The zero-order valence-corrected chi connectivity index (χ0v) is 21.1. The molecule has 0 spiro atoms. The number of ether oxygens (including phenoxy) is 3. The van der Waals surface area contributed by atoms with E-state index in [1.807, 2.05) is 48.7 Å². The monoisotopic (exact) mass is 514 g/mol. The first-order valence-corrected chi connectivity index (χ1v) is 12.9. The van der Waals surface area contributed by atoms with Gasteiger partial charge in [-0.25, -0.2) is 0 Å². The number of para-hydroxylation sites is 1. The van der Waals surface area contributed by atoms with E-state index < -0.39 is 0 Å². The Bertz CT molecular complexity index is 1490. The van der Waals surface area contributed by atoms with Crippen molar-refractivity contribution in [1.82, 2.24) is 9.97 Å². The number of pyridine rings is 2.